The number of anilines is 1. The van der Waals surface area contributed by atoms with Crippen LogP contribution in [-0.2, 0) is 10.0 Å². The molecule has 0 N–H and O–H groups in total. The maximum Gasteiger partial charge on any atom is 0.243 e. The quantitative estimate of drug-likeness (QED) is 0.622. The molecule has 0 spiro atoms. The molecule has 1 aliphatic heterocycles. The SMILES string of the molecule is COc1ccc(-c2cc(N3CCN(S(=O)(=O)c4cccc(F)c4)CC3)ncn2)cc1. The summed E-state index contributed by atoms with van der Waals surface area (Å²) in [5.74, 6) is 0.934. The second kappa shape index (κ2) is 8.37. The molecule has 2 heterocycles. The summed E-state index contributed by atoms with van der Waals surface area (Å²) in [5.41, 5.74) is 1.71. The van der Waals surface area contributed by atoms with Crippen LogP contribution in [0.5, 0.6) is 5.75 Å². The zero-order valence-corrected chi connectivity index (χ0v) is 17.2. The highest BCUT2D eigenvalue weighted by molar-refractivity contribution is 7.89. The van der Waals surface area contributed by atoms with Crippen molar-refractivity contribution in [2.24, 2.45) is 0 Å². The van der Waals surface area contributed by atoms with Crippen LogP contribution in [0.15, 0.2) is 65.8 Å². The highest BCUT2D eigenvalue weighted by atomic mass is 32.2. The van der Waals surface area contributed by atoms with Gasteiger partial charge in [-0.05, 0) is 42.5 Å². The molecule has 7 nitrogen and oxygen atoms in total. The molecule has 0 unspecified atom stereocenters. The van der Waals surface area contributed by atoms with E-state index in [1.165, 1.54) is 28.8 Å². The van der Waals surface area contributed by atoms with Crippen LogP contribution in [0.25, 0.3) is 11.3 Å². The fourth-order valence-electron chi connectivity index (χ4n) is 3.37. The molecule has 0 radical (unpaired) electrons. The van der Waals surface area contributed by atoms with Crippen molar-refractivity contribution in [3.05, 3.63) is 66.7 Å². The molecule has 0 amide bonds. The maximum absolute atomic E-state index is 13.5. The van der Waals surface area contributed by atoms with Crippen LogP contribution in [0.3, 0.4) is 0 Å². The normalized spacial score (nSPS) is 15.2. The van der Waals surface area contributed by atoms with Gasteiger partial charge in [-0.1, -0.05) is 6.07 Å². The summed E-state index contributed by atoms with van der Waals surface area (Å²) in [4.78, 5) is 10.7. The second-order valence-electron chi connectivity index (χ2n) is 6.84. The zero-order valence-electron chi connectivity index (χ0n) is 16.4. The molecule has 156 valence electrons. The largest absolute Gasteiger partial charge is 0.497 e. The van der Waals surface area contributed by atoms with Gasteiger partial charge < -0.3 is 9.64 Å². The van der Waals surface area contributed by atoms with E-state index in [0.29, 0.717) is 26.2 Å². The zero-order chi connectivity index (χ0) is 21.1. The lowest BCUT2D eigenvalue weighted by molar-refractivity contribution is 0.383. The fraction of sp³-hybridized carbons (Fsp3) is 0.238. The standard InChI is InChI=1S/C21H21FN4O3S/c1-29-18-7-5-16(6-8-18)20-14-21(24-15-23-20)25-9-11-26(12-10-25)30(27,28)19-4-2-3-17(22)13-19/h2-8,13-15H,9-12H2,1H3. The molecule has 9 heteroatoms. The van der Waals surface area contributed by atoms with E-state index in [4.69, 9.17) is 4.74 Å². The summed E-state index contributed by atoms with van der Waals surface area (Å²) < 4.78 is 45.6. The molecule has 1 fully saturated rings. The minimum Gasteiger partial charge on any atom is -0.497 e. The molecule has 0 bridgehead atoms. The number of sulfonamides is 1. The highest BCUT2D eigenvalue weighted by Crippen LogP contribution is 2.25. The monoisotopic (exact) mass is 428 g/mol. The minimum absolute atomic E-state index is 0.0280. The number of nitrogens with zero attached hydrogens (tertiary/aromatic N) is 4. The second-order valence-corrected chi connectivity index (χ2v) is 8.78. The topological polar surface area (TPSA) is 75.6 Å². The molecular weight excluding hydrogens is 407 g/mol. The van der Waals surface area contributed by atoms with E-state index in [2.05, 4.69) is 9.97 Å². The lowest BCUT2D eigenvalue weighted by Crippen LogP contribution is -2.48. The number of aromatic nitrogens is 2. The van der Waals surface area contributed by atoms with Crippen molar-refractivity contribution in [2.45, 2.75) is 4.90 Å². The van der Waals surface area contributed by atoms with Gasteiger partial charge in [0.1, 0.15) is 23.7 Å². The van der Waals surface area contributed by atoms with E-state index in [-0.39, 0.29) is 4.90 Å². The molecule has 3 aromatic rings. The third-order valence-corrected chi connectivity index (χ3v) is 6.93. The third-order valence-electron chi connectivity index (χ3n) is 5.03. The number of rotatable bonds is 5. The van der Waals surface area contributed by atoms with Crippen LogP contribution < -0.4 is 9.64 Å². The predicted molar refractivity (Wildman–Crippen MR) is 111 cm³/mol. The molecular formula is C21H21FN4O3S. The summed E-state index contributed by atoms with van der Waals surface area (Å²) in [5, 5.41) is 0. The molecule has 1 aliphatic rings. The van der Waals surface area contributed by atoms with Gasteiger partial charge in [-0.2, -0.15) is 4.31 Å². The first-order valence-corrected chi connectivity index (χ1v) is 10.9. The Morgan fingerprint density at radius 2 is 1.70 bits per heavy atom. The number of ether oxygens (including phenoxy) is 1. The summed E-state index contributed by atoms with van der Waals surface area (Å²) in [7, 11) is -2.11. The van der Waals surface area contributed by atoms with E-state index < -0.39 is 15.8 Å². The summed E-state index contributed by atoms with van der Waals surface area (Å²) in [6.45, 7) is 1.54. The summed E-state index contributed by atoms with van der Waals surface area (Å²) >= 11 is 0. The average molecular weight is 428 g/mol. The van der Waals surface area contributed by atoms with Gasteiger partial charge in [0.05, 0.1) is 17.7 Å². The fourth-order valence-corrected chi connectivity index (χ4v) is 4.83. The Morgan fingerprint density at radius 3 is 2.37 bits per heavy atom. The minimum atomic E-state index is -3.73. The van der Waals surface area contributed by atoms with Crippen molar-refractivity contribution in [3.8, 4) is 17.0 Å². The number of methoxy groups -OCH3 is 1. The first-order valence-electron chi connectivity index (χ1n) is 9.44. The average Bonchev–Trinajstić information content (AvgIpc) is 2.79. The molecule has 0 atom stereocenters. The molecule has 30 heavy (non-hydrogen) atoms. The van der Waals surface area contributed by atoms with Crippen molar-refractivity contribution in [1.29, 1.82) is 0 Å². The lowest BCUT2D eigenvalue weighted by Gasteiger charge is -2.34. The van der Waals surface area contributed by atoms with Crippen molar-refractivity contribution in [3.63, 3.8) is 0 Å². The van der Waals surface area contributed by atoms with Gasteiger partial charge in [-0.25, -0.2) is 22.8 Å². The smallest absolute Gasteiger partial charge is 0.243 e. The van der Waals surface area contributed by atoms with Crippen LogP contribution in [0.2, 0.25) is 0 Å². The van der Waals surface area contributed by atoms with Gasteiger partial charge in [0, 0.05) is 37.8 Å². The Labute approximate surface area is 174 Å². The molecule has 0 aliphatic carbocycles. The highest BCUT2D eigenvalue weighted by Gasteiger charge is 2.29. The molecule has 2 aromatic carbocycles. The van der Waals surface area contributed by atoms with Gasteiger partial charge in [-0.3, -0.25) is 0 Å². The van der Waals surface area contributed by atoms with E-state index in [1.807, 2.05) is 35.2 Å². The third kappa shape index (κ3) is 4.12. The van der Waals surface area contributed by atoms with Gasteiger partial charge >= 0.3 is 0 Å². The number of hydrogen-bond donors (Lipinski definition) is 0. The van der Waals surface area contributed by atoms with Crippen molar-refractivity contribution < 1.29 is 17.5 Å². The number of benzene rings is 2. The van der Waals surface area contributed by atoms with E-state index in [0.717, 1.165) is 28.9 Å². The predicted octanol–water partition coefficient (Wildman–Crippen LogP) is 2.80. The van der Waals surface area contributed by atoms with Crippen LogP contribution in [0.4, 0.5) is 10.2 Å². The summed E-state index contributed by atoms with van der Waals surface area (Å²) in [6.07, 6.45) is 1.50. The first-order chi connectivity index (χ1) is 14.5. The Bertz CT molecular complexity index is 1130. The number of halogens is 1. The Balaban J connectivity index is 1.48. The Morgan fingerprint density at radius 1 is 0.967 bits per heavy atom. The van der Waals surface area contributed by atoms with Crippen molar-refractivity contribution in [2.75, 3.05) is 38.2 Å². The molecule has 0 saturated carbocycles. The van der Waals surface area contributed by atoms with Gasteiger partial charge in [0.2, 0.25) is 10.0 Å². The van der Waals surface area contributed by atoms with E-state index >= 15 is 0 Å². The van der Waals surface area contributed by atoms with Crippen molar-refractivity contribution in [1.82, 2.24) is 14.3 Å². The number of piperazine rings is 1. The van der Waals surface area contributed by atoms with Gasteiger partial charge in [0.15, 0.2) is 0 Å². The van der Waals surface area contributed by atoms with Crippen LogP contribution in [0.1, 0.15) is 0 Å². The molecule has 1 saturated heterocycles. The molecule has 1 aromatic heterocycles. The first kappa shape index (κ1) is 20.2. The van der Waals surface area contributed by atoms with Gasteiger partial charge in [-0.15, -0.1) is 0 Å². The van der Waals surface area contributed by atoms with Crippen LogP contribution in [-0.4, -0.2) is 56.0 Å². The Kier molecular flexibility index (Phi) is 5.65. The summed E-state index contributed by atoms with van der Waals surface area (Å²) in [6, 6.07) is 14.6. The van der Waals surface area contributed by atoms with Gasteiger partial charge in [0.25, 0.3) is 0 Å². The van der Waals surface area contributed by atoms with Crippen LogP contribution >= 0.6 is 0 Å². The van der Waals surface area contributed by atoms with Crippen molar-refractivity contribution >= 4 is 15.8 Å². The maximum atomic E-state index is 13.5. The van der Waals surface area contributed by atoms with Crippen LogP contribution in [0, 0.1) is 5.82 Å². The van der Waals surface area contributed by atoms with E-state index in [9.17, 15) is 12.8 Å². The molecule has 4 rings (SSSR count). The number of hydrogen-bond acceptors (Lipinski definition) is 6. The van der Waals surface area contributed by atoms with E-state index in [1.54, 1.807) is 7.11 Å². The Hall–Kier alpha value is -3.04. The lowest BCUT2D eigenvalue weighted by atomic mass is 10.1.